The van der Waals surface area contributed by atoms with Crippen LogP contribution in [0.2, 0.25) is 0 Å². The van der Waals surface area contributed by atoms with Crippen molar-refractivity contribution in [1.82, 2.24) is 0 Å². The maximum Gasteiger partial charge on any atom is 0.295 e. The molecule has 7 heteroatoms. The predicted molar refractivity (Wildman–Crippen MR) is 136 cm³/mol. The van der Waals surface area contributed by atoms with Crippen LogP contribution in [0.15, 0.2) is 63.8 Å². The number of hydrogen-bond acceptors (Lipinski definition) is 5. The molecule has 1 atom stereocenters. The van der Waals surface area contributed by atoms with Crippen LogP contribution >= 0.6 is 0 Å². The van der Waals surface area contributed by atoms with Gasteiger partial charge in [0.05, 0.1) is 30.2 Å². The van der Waals surface area contributed by atoms with E-state index in [1.807, 2.05) is 27.7 Å². The minimum atomic E-state index is -0.796. The zero-order chi connectivity index (χ0) is 25.6. The number of nitrogens with zero attached hydrogens (tertiary/aromatic N) is 1. The van der Waals surface area contributed by atoms with Crippen molar-refractivity contribution < 1.29 is 23.1 Å². The van der Waals surface area contributed by atoms with Gasteiger partial charge in [-0.1, -0.05) is 6.07 Å². The molecule has 1 amide bonds. The molecule has 0 radical (unpaired) electrons. The zero-order valence-electron chi connectivity index (χ0n) is 20.6. The summed E-state index contributed by atoms with van der Waals surface area (Å²) in [6, 6.07) is 13.7. The summed E-state index contributed by atoms with van der Waals surface area (Å²) in [6.07, 6.45) is 0. The van der Waals surface area contributed by atoms with E-state index in [2.05, 4.69) is 0 Å². The number of carbonyl (C=O) groups excluding carboxylic acids is 1. The van der Waals surface area contributed by atoms with Crippen molar-refractivity contribution in [2.75, 3.05) is 18.1 Å². The van der Waals surface area contributed by atoms with Crippen LogP contribution in [0.4, 0.5) is 10.1 Å². The molecule has 1 aromatic heterocycles. The maximum atomic E-state index is 13.9. The Kier molecular flexibility index (Phi) is 6.00. The highest BCUT2D eigenvalue weighted by molar-refractivity contribution is 6.10. The molecular formula is C29H26FNO5. The Morgan fingerprint density at radius 1 is 0.889 bits per heavy atom. The topological polar surface area (TPSA) is 69.0 Å². The van der Waals surface area contributed by atoms with Crippen molar-refractivity contribution in [2.24, 2.45) is 0 Å². The van der Waals surface area contributed by atoms with Gasteiger partial charge in [-0.05, 0) is 92.9 Å². The van der Waals surface area contributed by atoms with Gasteiger partial charge in [0.25, 0.3) is 5.91 Å². The SMILES string of the molecule is CCOc1ccc(C2c3c(oc4cc(C)c(C)cc4c3=O)C(=O)N2c2ccc(F)cc2)cc1OCC. The van der Waals surface area contributed by atoms with Crippen LogP contribution in [-0.4, -0.2) is 19.1 Å². The van der Waals surface area contributed by atoms with Gasteiger partial charge < -0.3 is 13.9 Å². The highest BCUT2D eigenvalue weighted by atomic mass is 19.1. The zero-order valence-corrected chi connectivity index (χ0v) is 20.6. The number of halogens is 1. The Balaban J connectivity index is 1.78. The lowest BCUT2D eigenvalue weighted by Gasteiger charge is -2.26. The molecule has 0 fully saturated rings. The summed E-state index contributed by atoms with van der Waals surface area (Å²) in [5.41, 5.74) is 3.32. The van der Waals surface area contributed by atoms with E-state index in [1.165, 1.54) is 29.2 Å². The molecule has 0 N–H and O–H groups in total. The predicted octanol–water partition coefficient (Wildman–Crippen LogP) is 6.10. The molecule has 0 aliphatic carbocycles. The van der Waals surface area contributed by atoms with Gasteiger partial charge in [0, 0.05) is 5.69 Å². The number of aryl methyl sites for hydroxylation is 2. The minimum Gasteiger partial charge on any atom is -0.490 e. The van der Waals surface area contributed by atoms with E-state index in [0.717, 1.165) is 11.1 Å². The van der Waals surface area contributed by atoms with Crippen LogP contribution < -0.4 is 19.8 Å². The molecule has 1 unspecified atom stereocenters. The number of anilines is 1. The van der Waals surface area contributed by atoms with Crippen LogP contribution in [0, 0.1) is 19.7 Å². The Labute approximate surface area is 207 Å². The summed E-state index contributed by atoms with van der Waals surface area (Å²) in [7, 11) is 0. The molecule has 1 aliphatic rings. The van der Waals surface area contributed by atoms with Crippen LogP contribution in [0.3, 0.4) is 0 Å². The Bertz CT molecular complexity index is 1540. The van der Waals surface area contributed by atoms with E-state index in [1.54, 1.807) is 30.3 Å². The molecule has 0 saturated heterocycles. The molecule has 2 heterocycles. The van der Waals surface area contributed by atoms with Crippen molar-refractivity contribution in [3.63, 3.8) is 0 Å². The number of carbonyl (C=O) groups is 1. The first-order valence-corrected chi connectivity index (χ1v) is 11.9. The molecule has 5 rings (SSSR count). The lowest BCUT2D eigenvalue weighted by molar-refractivity contribution is 0.0971. The summed E-state index contributed by atoms with van der Waals surface area (Å²) in [6.45, 7) is 8.47. The largest absolute Gasteiger partial charge is 0.490 e. The van der Waals surface area contributed by atoms with Crippen molar-refractivity contribution >= 4 is 22.6 Å². The van der Waals surface area contributed by atoms with Gasteiger partial charge in [-0.25, -0.2) is 4.39 Å². The van der Waals surface area contributed by atoms with E-state index in [0.29, 0.717) is 46.9 Å². The third-order valence-electron chi connectivity index (χ3n) is 6.47. The number of ether oxygens (including phenoxy) is 2. The summed E-state index contributed by atoms with van der Waals surface area (Å²) >= 11 is 0. The summed E-state index contributed by atoms with van der Waals surface area (Å²) in [5.74, 6) is 0.165. The monoisotopic (exact) mass is 487 g/mol. The Hall–Kier alpha value is -4.13. The molecule has 0 spiro atoms. The van der Waals surface area contributed by atoms with E-state index in [9.17, 15) is 14.0 Å². The third-order valence-corrected chi connectivity index (χ3v) is 6.47. The van der Waals surface area contributed by atoms with Crippen molar-refractivity contribution in [1.29, 1.82) is 0 Å². The lowest BCUT2D eigenvalue weighted by atomic mass is 9.97. The second-order valence-electron chi connectivity index (χ2n) is 8.73. The van der Waals surface area contributed by atoms with E-state index in [-0.39, 0.29) is 16.8 Å². The third kappa shape index (κ3) is 3.81. The number of hydrogen-bond donors (Lipinski definition) is 0. The van der Waals surface area contributed by atoms with Crippen molar-refractivity contribution in [2.45, 2.75) is 33.7 Å². The van der Waals surface area contributed by atoms with Crippen LogP contribution in [0.5, 0.6) is 11.5 Å². The first kappa shape index (κ1) is 23.6. The maximum absolute atomic E-state index is 13.9. The summed E-state index contributed by atoms with van der Waals surface area (Å²) < 4.78 is 31.3. The molecule has 184 valence electrons. The number of amides is 1. The molecule has 3 aromatic carbocycles. The van der Waals surface area contributed by atoms with Gasteiger partial charge in [-0.3, -0.25) is 14.5 Å². The molecule has 0 saturated carbocycles. The first-order chi connectivity index (χ1) is 17.3. The second kappa shape index (κ2) is 9.15. The van der Waals surface area contributed by atoms with Crippen LogP contribution in [-0.2, 0) is 0 Å². The molecule has 4 aromatic rings. The van der Waals surface area contributed by atoms with Gasteiger partial charge in [0.15, 0.2) is 16.9 Å². The average Bonchev–Trinajstić information content (AvgIpc) is 3.15. The lowest BCUT2D eigenvalue weighted by Crippen LogP contribution is -2.29. The van der Waals surface area contributed by atoms with Crippen LogP contribution in [0.25, 0.3) is 11.0 Å². The quantitative estimate of drug-likeness (QED) is 0.329. The average molecular weight is 488 g/mol. The second-order valence-corrected chi connectivity index (χ2v) is 8.73. The Morgan fingerprint density at radius 3 is 2.25 bits per heavy atom. The first-order valence-electron chi connectivity index (χ1n) is 11.9. The van der Waals surface area contributed by atoms with Gasteiger partial charge >= 0.3 is 0 Å². The number of benzene rings is 3. The number of fused-ring (bicyclic) bond motifs is 2. The molecule has 36 heavy (non-hydrogen) atoms. The highest BCUT2D eigenvalue weighted by Crippen LogP contribution is 2.43. The summed E-state index contributed by atoms with van der Waals surface area (Å²) in [4.78, 5) is 29.1. The molecule has 1 aliphatic heterocycles. The van der Waals surface area contributed by atoms with Crippen LogP contribution in [0.1, 0.15) is 52.7 Å². The van der Waals surface area contributed by atoms with E-state index >= 15 is 0 Å². The fourth-order valence-electron chi connectivity index (χ4n) is 4.65. The normalized spacial score (nSPS) is 14.9. The van der Waals surface area contributed by atoms with Gasteiger partial charge in [-0.2, -0.15) is 0 Å². The van der Waals surface area contributed by atoms with Crippen molar-refractivity contribution in [3.05, 3.63) is 98.7 Å². The standard InChI is InChI=1S/C29H26FNO5/c1-5-34-22-12-7-18(15-24(22)35-6-2)26-25-27(32)21-13-16(3)17(4)14-23(21)36-28(25)29(33)31(26)20-10-8-19(30)9-11-20/h7-15,26H,5-6H2,1-4H3. The minimum absolute atomic E-state index is 0.0167. The Morgan fingerprint density at radius 2 is 1.56 bits per heavy atom. The highest BCUT2D eigenvalue weighted by Gasteiger charge is 2.44. The fraction of sp³-hybridized carbons (Fsp3) is 0.241. The smallest absolute Gasteiger partial charge is 0.295 e. The number of rotatable bonds is 6. The molecular weight excluding hydrogens is 461 g/mol. The van der Waals surface area contributed by atoms with Crippen molar-refractivity contribution in [3.8, 4) is 11.5 Å². The molecule has 6 nitrogen and oxygen atoms in total. The fourth-order valence-corrected chi connectivity index (χ4v) is 4.65. The van der Waals surface area contributed by atoms with Gasteiger partial charge in [0.2, 0.25) is 5.76 Å². The summed E-state index contributed by atoms with van der Waals surface area (Å²) in [5, 5.41) is 0.409. The van der Waals surface area contributed by atoms with E-state index in [4.69, 9.17) is 13.9 Å². The van der Waals surface area contributed by atoms with E-state index < -0.39 is 17.8 Å². The molecule has 0 bridgehead atoms. The van der Waals surface area contributed by atoms with Gasteiger partial charge in [0.1, 0.15) is 11.4 Å². The van der Waals surface area contributed by atoms with Gasteiger partial charge in [-0.15, -0.1) is 0 Å².